The Hall–Kier alpha value is -0.510. The van der Waals surface area contributed by atoms with Crippen molar-refractivity contribution in [2.75, 3.05) is 6.61 Å². The molecule has 13 nitrogen and oxygen atoms in total. The second-order valence-corrected chi connectivity index (χ2v) is 6.03. The third-order valence-corrected chi connectivity index (χ3v) is 3.01. The number of nitrogens with two attached hydrogens (primary N) is 1. The third-order valence-electron chi connectivity index (χ3n) is 2.03. The Labute approximate surface area is 118 Å². The molecule has 0 saturated heterocycles. The Morgan fingerprint density at radius 3 is 2.10 bits per heavy atom. The fourth-order valence-electron chi connectivity index (χ4n) is 1.07. The zero-order valence-corrected chi connectivity index (χ0v) is 11.8. The van der Waals surface area contributed by atoms with Crippen molar-refractivity contribution in [2.24, 2.45) is 5.73 Å². The van der Waals surface area contributed by atoms with Gasteiger partial charge in [-0.25, -0.2) is 8.75 Å². The van der Waals surface area contributed by atoms with Gasteiger partial charge in [0, 0.05) is 0 Å². The maximum absolute atomic E-state index is 10.7. The first-order chi connectivity index (χ1) is 9.22. The van der Waals surface area contributed by atoms with Gasteiger partial charge in [-0.3, -0.25) is 19.6 Å². The number of phosphoric acid groups is 1. The number of carbonyl (C=O) groups is 1. The molecule has 0 spiro atoms. The van der Waals surface area contributed by atoms with E-state index in [2.05, 4.69) is 8.71 Å². The topological polar surface area (TPSA) is 234 Å². The highest BCUT2D eigenvalue weighted by atomic mass is 32.3. The molecule has 0 aliphatic carbocycles. The highest BCUT2D eigenvalue weighted by Crippen LogP contribution is 2.36. The largest absolute Gasteiger partial charge is 0.469 e. The van der Waals surface area contributed by atoms with Gasteiger partial charge in [-0.15, -0.1) is 0 Å². The molecule has 0 amide bonds. The van der Waals surface area contributed by atoms with Gasteiger partial charge in [0.05, 0.1) is 6.61 Å². The van der Waals surface area contributed by atoms with Crippen LogP contribution in [0.25, 0.3) is 0 Å². The van der Waals surface area contributed by atoms with Crippen molar-refractivity contribution in [3.63, 3.8) is 0 Å². The maximum atomic E-state index is 10.7. The number of hydrogen-bond acceptors (Lipinski definition) is 10. The molecule has 126 valence electrons. The molecule has 0 aliphatic heterocycles. The molecule has 0 aromatic rings. The number of aliphatic hydroxyl groups excluding tert-OH is 3. The summed E-state index contributed by atoms with van der Waals surface area (Å²) >= 11 is 0. The number of rotatable bonds is 9. The second-order valence-electron chi connectivity index (χ2n) is 3.77. The Bertz CT molecular complexity index is 502. The molecule has 21 heavy (non-hydrogen) atoms. The maximum Gasteiger partial charge on any atom is 0.469 e. The van der Waals surface area contributed by atoms with Crippen LogP contribution in [-0.2, 0) is 28.5 Å². The Morgan fingerprint density at radius 2 is 1.76 bits per heavy atom. The Kier molecular flexibility index (Phi) is 6.99. The monoisotopic (exact) mass is 355 g/mol. The van der Waals surface area contributed by atoms with Crippen molar-refractivity contribution >= 4 is 24.5 Å². The molecule has 15 heteroatoms. The summed E-state index contributed by atoms with van der Waals surface area (Å²) in [5.74, 6) is 0. The van der Waals surface area contributed by atoms with Crippen LogP contribution in [0, 0.1) is 0 Å². The summed E-state index contributed by atoms with van der Waals surface area (Å²) < 4.78 is 47.2. The first kappa shape index (κ1) is 20.5. The van der Waals surface area contributed by atoms with Crippen molar-refractivity contribution in [3.8, 4) is 0 Å². The molecule has 4 atom stereocenters. The van der Waals surface area contributed by atoms with Gasteiger partial charge in [-0.2, -0.15) is 8.42 Å². The predicted molar refractivity (Wildman–Crippen MR) is 61.6 cm³/mol. The minimum absolute atomic E-state index is 0.481. The lowest BCUT2D eigenvalue weighted by atomic mass is 10.00. The average molecular weight is 355 g/mol. The van der Waals surface area contributed by atoms with E-state index < -0.39 is 55.2 Å². The van der Waals surface area contributed by atoms with Crippen LogP contribution < -0.4 is 5.73 Å². The van der Waals surface area contributed by atoms with E-state index in [1.165, 1.54) is 0 Å². The van der Waals surface area contributed by atoms with Gasteiger partial charge in [0.1, 0.15) is 18.3 Å². The number of aldehydes is 1. The minimum Gasteiger partial charge on any atom is -0.388 e. The van der Waals surface area contributed by atoms with Crippen LogP contribution in [0.15, 0.2) is 0 Å². The van der Waals surface area contributed by atoms with E-state index in [1.807, 2.05) is 0 Å². The standard InChI is InChI=1S/C6H14NO12PS/c7-6(2-8,19-21(15,16)17)5(11)4(10)3(9)1-18-20(12,13)14/h2-5,9-11H,1,7H2,(H2,12,13,14)(H,15,16,17)/t3-,4-,5+,6-/m1/s1. The normalized spacial score (nSPS) is 20.3. The summed E-state index contributed by atoms with van der Waals surface area (Å²) in [5.41, 5.74) is 1.85. The summed E-state index contributed by atoms with van der Waals surface area (Å²) in [7, 11) is -10.3. The quantitative estimate of drug-likeness (QED) is 0.0901. The van der Waals surface area contributed by atoms with E-state index >= 15 is 0 Å². The van der Waals surface area contributed by atoms with E-state index in [9.17, 15) is 33.1 Å². The molecule has 0 rings (SSSR count). The number of aliphatic hydroxyl groups is 3. The molecule has 0 bridgehead atoms. The minimum atomic E-state index is -5.30. The molecular weight excluding hydrogens is 341 g/mol. The molecule has 0 heterocycles. The van der Waals surface area contributed by atoms with Crippen LogP contribution in [0.5, 0.6) is 0 Å². The zero-order valence-electron chi connectivity index (χ0n) is 10.1. The Balaban J connectivity index is 4.98. The molecule has 0 aromatic heterocycles. The third kappa shape index (κ3) is 7.35. The average Bonchev–Trinajstić information content (AvgIpc) is 2.30. The molecule has 0 radical (unpaired) electrons. The van der Waals surface area contributed by atoms with E-state index in [0.717, 1.165) is 0 Å². The highest BCUT2D eigenvalue weighted by molar-refractivity contribution is 7.81. The van der Waals surface area contributed by atoms with Gasteiger partial charge in [0.15, 0.2) is 6.29 Å². The first-order valence-electron chi connectivity index (χ1n) is 4.89. The number of hydrogen-bond donors (Lipinski definition) is 7. The first-order valence-corrected chi connectivity index (χ1v) is 7.79. The Morgan fingerprint density at radius 1 is 1.29 bits per heavy atom. The lowest BCUT2D eigenvalue weighted by Gasteiger charge is -2.31. The van der Waals surface area contributed by atoms with Crippen LogP contribution >= 0.6 is 7.82 Å². The van der Waals surface area contributed by atoms with Crippen LogP contribution in [0.3, 0.4) is 0 Å². The van der Waals surface area contributed by atoms with Crippen molar-refractivity contribution in [1.82, 2.24) is 0 Å². The molecule has 0 saturated carbocycles. The van der Waals surface area contributed by atoms with Crippen molar-refractivity contribution in [3.05, 3.63) is 0 Å². The van der Waals surface area contributed by atoms with Crippen molar-refractivity contribution in [1.29, 1.82) is 0 Å². The fourth-order valence-corrected chi connectivity index (χ4v) is 1.92. The van der Waals surface area contributed by atoms with Crippen LogP contribution in [0.2, 0.25) is 0 Å². The fraction of sp³-hybridized carbons (Fsp3) is 0.833. The van der Waals surface area contributed by atoms with Gasteiger partial charge in [0.2, 0.25) is 5.72 Å². The van der Waals surface area contributed by atoms with Crippen LogP contribution in [0.1, 0.15) is 0 Å². The summed E-state index contributed by atoms with van der Waals surface area (Å²) in [6.07, 6.45) is -7.66. The van der Waals surface area contributed by atoms with Gasteiger partial charge >= 0.3 is 18.2 Å². The van der Waals surface area contributed by atoms with E-state index in [0.29, 0.717) is 0 Å². The summed E-state index contributed by atoms with van der Waals surface area (Å²) in [4.78, 5) is 27.4. The van der Waals surface area contributed by atoms with E-state index in [-0.39, 0.29) is 0 Å². The summed E-state index contributed by atoms with van der Waals surface area (Å²) in [6, 6.07) is 0. The highest BCUT2D eigenvalue weighted by Gasteiger charge is 2.45. The molecule has 0 aromatic carbocycles. The lowest BCUT2D eigenvalue weighted by Crippen LogP contribution is -2.62. The van der Waals surface area contributed by atoms with Gasteiger partial charge in [-0.1, -0.05) is 0 Å². The predicted octanol–water partition coefficient (Wildman–Crippen LogP) is -4.15. The summed E-state index contributed by atoms with van der Waals surface area (Å²) in [6.45, 7) is -1.19. The molecule has 0 aliphatic rings. The van der Waals surface area contributed by atoms with Crippen LogP contribution in [0.4, 0.5) is 0 Å². The van der Waals surface area contributed by atoms with Gasteiger partial charge in [0.25, 0.3) is 0 Å². The summed E-state index contributed by atoms with van der Waals surface area (Å²) in [5, 5.41) is 28.2. The molecular formula is C6H14NO12PS. The molecule has 8 N–H and O–H groups in total. The molecule has 0 unspecified atom stereocenters. The van der Waals surface area contributed by atoms with Crippen molar-refractivity contribution in [2.45, 2.75) is 24.0 Å². The van der Waals surface area contributed by atoms with E-state index in [1.54, 1.807) is 0 Å². The van der Waals surface area contributed by atoms with Crippen LogP contribution in [-0.4, -0.2) is 75.0 Å². The number of phosphoric ester groups is 1. The van der Waals surface area contributed by atoms with Gasteiger partial charge < -0.3 is 25.1 Å². The van der Waals surface area contributed by atoms with E-state index in [4.69, 9.17) is 20.1 Å². The smallest absolute Gasteiger partial charge is 0.388 e. The second kappa shape index (κ2) is 7.17. The zero-order chi connectivity index (χ0) is 17.1. The lowest BCUT2D eigenvalue weighted by molar-refractivity contribution is -0.156. The van der Waals surface area contributed by atoms with Gasteiger partial charge in [-0.05, 0) is 0 Å². The number of carbonyl (C=O) groups excluding carboxylic acids is 1. The SMILES string of the molecule is N[C@](C=O)(OS(=O)(=O)O)[C@@H](O)[C@H](O)[C@H](O)COP(=O)(O)O. The van der Waals surface area contributed by atoms with Crippen molar-refractivity contribution < 1.29 is 56.1 Å². The molecule has 0 fully saturated rings.